The van der Waals surface area contributed by atoms with Gasteiger partial charge in [-0.1, -0.05) is 12.1 Å². The summed E-state index contributed by atoms with van der Waals surface area (Å²) in [6.07, 6.45) is 3.84. The molecule has 2 saturated heterocycles. The van der Waals surface area contributed by atoms with Crippen LogP contribution in [0.2, 0.25) is 0 Å². The molecule has 0 radical (unpaired) electrons. The summed E-state index contributed by atoms with van der Waals surface area (Å²) in [4.78, 5) is 28.9. The minimum Gasteiger partial charge on any atom is -0.381 e. The fourth-order valence-electron chi connectivity index (χ4n) is 5.37. The second kappa shape index (κ2) is 13.7. The number of piperazine rings is 1. The summed E-state index contributed by atoms with van der Waals surface area (Å²) in [6, 6.07) is 16.0. The number of hydrogen-bond donors (Lipinski definition) is 1. The molecule has 10 nitrogen and oxygen atoms in total. The molecule has 3 aromatic rings. The van der Waals surface area contributed by atoms with Gasteiger partial charge in [-0.05, 0) is 88.9 Å². The van der Waals surface area contributed by atoms with E-state index in [1.807, 2.05) is 29.2 Å². The lowest BCUT2D eigenvalue weighted by Crippen LogP contribution is -2.49. The summed E-state index contributed by atoms with van der Waals surface area (Å²) >= 11 is 0. The van der Waals surface area contributed by atoms with Crippen molar-refractivity contribution in [1.29, 1.82) is 0 Å². The molecule has 2 aromatic carbocycles. The van der Waals surface area contributed by atoms with Gasteiger partial charge in [0.2, 0.25) is 5.95 Å². The number of nitrogens with zero attached hydrogens (tertiary/aromatic N) is 5. The first-order valence-corrected chi connectivity index (χ1v) is 16.1. The van der Waals surface area contributed by atoms with E-state index in [1.165, 1.54) is 0 Å². The zero-order chi connectivity index (χ0) is 29.5. The average Bonchev–Trinajstić information content (AvgIpc) is 3.02. The Morgan fingerprint density at radius 2 is 1.67 bits per heavy atom. The molecule has 1 amide bonds. The van der Waals surface area contributed by atoms with Gasteiger partial charge in [-0.2, -0.15) is 0 Å². The van der Waals surface area contributed by atoms with Crippen molar-refractivity contribution in [2.75, 3.05) is 71.9 Å². The lowest BCUT2D eigenvalue weighted by molar-refractivity contribution is 0.0634. The highest BCUT2D eigenvalue weighted by molar-refractivity contribution is 7.92. The second-order valence-electron chi connectivity index (χ2n) is 11.1. The summed E-state index contributed by atoms with van der Waals surface area (Å²) < 4.78 is 31.3. The van der Waals surface area contributed by atoms with E-state index in [9.17, 15) is 13.2 Å². The van der Waals surface area contributed by atoms with Crippen LogP contribution in [0.5, 0.6) is 0 Å². The van der Waals surface area contributed by atoms with Gasteiger partial charge in [0.05, 0.1) is 15.8 Å². The SMILES string of the molecule is CN(C)CCCN1CCN(C(=O)c2ccc(Nc3nccc(-c4ccc(S(=O)(=O)C5CCOCC5)cc4)n3)cc2)CC1. The maximum atomic E-state index is 13.1. The fraction of sp³-hybridized carbons (Fsp3) is 0.452. The molecule has 1 N–H and O–H groups in total. The van der Waals surface area contributed by atoms with Gasteiger partial charge in [0, 0.05) is 62.4 Å². The number of nitrogens with one attached hydrogen (secondary N) is 1. The summed E-state index contributed by atoms with van der Waals surface area (Å²) in [5.74, 6) is 0.464. The van der Waals surface area contributed by atoms with Gasteiger partial charge in [0.1, 0.15) is 0 Å². The number of carbonyl (C=O) groups excluding carboxylic acids is 1. The molecule has 0 atom stereocenters. The Morgan fingerprint density at radius 1 is 0.976 bits per heavy atom. The number of anilines is 2. The quantitative estimate of drug-likeness (QED) is 0.378. The van der Waals surface area contributed by atoms with E-state index in [0.717, 1.165) is 56.9 Å². The van der Waals surface area contributed by atoms with E-state index in [-0.39, 0.29) is 5.91 Å². The third kappa shape index (κ3) is 7.52. The molecule has 42 heavy (non-hydrogen) atoms. The number of hydrogen-bond acceptors (Lipinski definition) is 9. The molecule has 0 aliphatic carbocycles. The van der Waals surface area contributed by atoms with Gasteiger partial charge >= 0.3 is 0 Å². The van der Waals surface area contributed by atoms with Crippen LogP contribution in [-0.2, 0) is 14.6 Å². The van der Waals surface area contributed by atoms with Crippen LogP contribution >= 0.6 is 0 Å². The van der Waals surface area contributed by atoms with E-state index < -0.39 is 15.1 Å². The molecular formula is C31H40N6O4S. The second-order valence-corrected chi connectivity index (χ2v) is 13.4. The fourth-order valence-corrected chi connectivity index (χ4v) is 7.08. The number of rotatable bonds is 10. The summed E-state index contributed by atoms with van der Waals surface area (Å²) in [5, 5.41) is 2.81. The number of amides is 1. The molecule has 2 aliphatic heterocycles. The number of benzene rings is 2. The predicted octanol–water partition coefficient (Wildman–Crippen LogP) is 3.55. The molecule has 0 spiro atoms. The molecule has 2 fully saturated rings. The highest BCUT2D eigenvalue weighted by Crippen LogP contribution is 2.26. The van der Waals surface area contributed by atoms with Crippen LogP contribution in [0.1, 0.15) is 29.6 Å². The predicted molar refractivity (Wildman–Crippen MR) is 164 cm³/mol. The molecule has 2 aliphatic rings. The lowest BCUT2D eigenvalue weighted by Gasteiger charge is -2.35. The van der Waals surface area contributed by atoms with E-state index in [0.29, 0.717) is 48.2 Å². The van der Waals surface area contributed by atoms with Crippen LogP contribution in [0.15, 0.2) is 65.7 Å². The van der Waals surface area contributed by atoms with Crippen molar-refractivity contribution in [3.8, 4) is 11.3 Å². The van der Waals surface area contributed by atoms with Crippen molar-refractivity contribution in [2.24, 2.45) is 0 Å². The topological polar surface area (TPSA) is 108 Å². The van der Waals surface area contributed by atoms with Gasteiger partial charge in [0.15, 0.2) is 9.84 Å². The molecule has 5 rings (SSSR count). The first kappa shape index (κ1) is 30.1. The normalized spacial score (nSPS) is 17.0. The third-order valence-corrected chi connectivity index (χ3v) is 10.1. The van der Waals surface area contributed by atoms with Crippen molar-refractivity contribution < 1.29 is 17.9 Å². The third-order valence-electron chi connectivity index (χ3n) is 7.87. The smallest absolute Gasteiger partial charge is 0.253 e. The Balaban J connectivity index is 1.17. The van der Waals surface area contributed by atoms with Gasteiger partial charge in [-0.3, -0.25) is 9.69 Å². The first-order valence-electron chi connectivity index (χ1n) is 14.6. The number of sulfone groups is 1. The largest absolute Gasteiger partial charge is 0.381 e. The molecule has 0 unspecified atom stereocenters. The Hall–Kier alpha value is -3.38. The Labute approximate surface area is 248 Å². The summed E-state index contributed by atoms with van der Waals surface area (Å²) in [5.41, 5.74) is 2.90. The molecule has 1 aromatic heterocycles. The maximum absolute atomic E-state index is 13.1. The number of ether oxygens (including phenoxy) is 1. The van der Waals surface area contributed by atoms with Gasteiger partial charge in [-0.15, -0.1) is 0 Å². The van der Waals surface area contributed by atoms with Crippen molar-refractivity contribution in [2.45, 2.75) is 29.4 Å². The van der Waals surface area contributed by atoms with Crippen molar-refractivity contribution in [3.63, 3.8) is 0 Å². The summed E-state index contributed by atoms with van der Waals surface area (Å²) in [7, 11) is 0.791. The van der Waals surface area contributed by atoms with Crippen LogP contribution in [-0.4, -0.2) is 111 Å². The maximum Gasteiger partial charge on any atom is 0.253 e. The van der Waals surface area contributed by atoms with Crippen molar-refractivity contribution in [3.05, 3.63) is 66.4 Å². The molecule has 3 heterocycles. The van der Waals surface area contributed by atoms with Crippen LogP contribution in [0, 0.1) is 0 Å². The van der Waals surface area contributed by atoms with E-state index in [2.05, 4.69) is 39.2 Å². The molecule has 0 saturated carbocycles. The van der Waals surface area contributed by atoms with Crippen LogP contribution in [0.25, 0.3) is 11.3 Å². The van der Waals surface area contributed by atoms with Crippen LogP contribution < -0.4 is 5.32 Å². The minimum absolute atomic E-state index is 0.0509. The van der Waals surface area contributed by atoms with Crippen molar-refractivity contribution in [1.82, 2.24) is 24.7 Å². The van der Waals surface area contributed by atoms with Gasteiger partial charge < -0.3 is 19.9 Å². The number of carbonyl (C=O) groups is 1. The zero-order valence-corrected chi connectivity index (χ0v) is 25.2. The van der Waals surface area contributed by atoms with Crippen molar-refractivity contribution >= 4 is 27.4 Å². The highest BCUT2D eigenvalue weighted by atomic mass is 32.2. The molecule has 11 heteroatoms. The Bertz CT molecular complexity index is 1430. The summed E-state index contributed by atoms with van der Waals surface area (Å²) in [6.45, 7) is 6.38. The standard InChI is InChI=1S/C31H40N6O4S/c1-35(2)16-3-17-36-18-20-37(21-19-36)30(38)25-4-8-26(9-5-25)33-31-32-15-12-29(34-31)24-6-10-27(11-7-24)42(39,40)28-13-22-41-23-14-28/h4-12,15,28H,3,13-14,16-23H2,1-2H3,(H,32,33,34). The lowest BCUT2D eigenvalue weighted by atomic mass is 10.1. The molecular weight excluding hydrogens is 552 g/mol. The van der Waals surface area contributed by atoms with Gasteiger partial charge in [-0.25, -0.2) is 18.4 Å². The zero-order valence-electron chi connectivity index (χ0n) is 24.4. The van der Waals surface area contributed by atoms with Crippen LogP contribution in [0.4, 0.5) is 11.6 Å². The van der Waals surface area contributed by atoms with E-state index in [4.69, 9.17) is 4.74 Å². The highest BCUT2D eigenvalue weighted by Gasteiger charge is 2.29. The Morgan fingerprint density at radius 3 is 2.33 bits per heavy atom. The monoisotopic (exact) mass is 592 g/mol. The van der Waals surface area contributed by atoms with E-state index >= 15 is 0 Å². The Kier molecular flexibility index (Phi) is 9.84. The molecule has 224 valence electrons. The molecule has 0 bridgehead atoms. The minimum atomic E-state index is -3.39. The van der Waals surface area contributed by atoms with Crippen LogP contribution in [0.3, 0.4) is 0 Å². The number of aromatic nitrogens is 2. The van der Waals surface area contributed by atoms with Gasteiger partial charge in [0.25, 0.3) is 5.91 Å². The average molecular weight is 593 g/mol. The van der Waals surface area contributed by atoms with E-state index in [1.54, 1.807) is 36.5 Å². The first-order chi connectivity index (χ1) is 20.3.